The van der Waals surface area contributed by atoms with Crippen LogP contribution in [0.25, 0.3) is 0 Å². The van der Waals surface area contributed by atoms with Gasteiger partial charge in [0.2, 0.25) is 5.91 Å². The minimum atomic E-state index is -1.36. The van der Waals surface area contributed by atoms with Gasteiger partial charge in [-0.25, -0.2) is 0 Å². The van der Waals surface area contributed by atoms with Crippen molar-refractivity contribution in [2.75, 3.05) is 5.32 Å². The molecule has 1 fully saturated rings. The van der Waals surface area contributed by atoms with Crippen molar-refractivity contribution in [2.24, 2.45) is 5.41 Å². The molecule has 2 rings (SSSR count). The van der Waals surface area contributed by atoms with Gasteiger partial charge in [0, 0.05) is 6.07 Å². The number of anilines is 1. The number of carbonyl (C=O) groups excluding carboxylic acids is 1. The number of nitrogens with zero attached hydrogens (tertiary/aromatic N) is 1. The van der Waals surface area contributed by atoms with Gasteiger partial charge in [-0.05, 0) is 25.8 Å². The summed E-state index contributed by atoms with van der Waals surface area (Å²) in [5.74, 6) is -1.78. The molecule has 1 aliphatic carbocycles. The van der Waals surface area contributed by atoms with Crippen molar-refractivity contribution < 1.29 is 19.6 Å². The Kier molecular flexibility index (Phi) is 2.97. The van der Waals surface area contributed by atoms with Gasteiger partial charge in [0.05, 0.1) is 16.2 Å². The van der Waals surface area contributed by atoms with Crippen molar-refractivity contribution in [1.29, 1.82) is 0 Å². The molecule has 0 unspecified atom stereocenters. The van der Waals surface area contributed by atoms with Crippen LogP contribution in [0.2, 0.25) is 0 Å². The highest BCUT2D eigenvalue weighted by atomic mass is 16.6. The Labute approximate surface area is 108 Å². The average Bonchev–Trinajstić information content (AvgIpc) is 3.12. The lowest BCUT2D eigenvalue weighted by Crippen LogP contribution is -2.31. The van der Waals surface area contributed by atoms with Crippen LogP contribution in [0.1, 0.15) is 18.4 Å². The summed E-state index contributed by atoms with van der Waals surface area (Å²) in [6.07, 6.45) is 0.588. The van der Waals surface area contributed by atoms with Crippen molar-refractivity contribution in [1.82, 2.24) is 0 Å². The van der Waals surface area contributed by atoms with Crippen molar-refractivity contribution in [3.63, 3.8) is 0 Å². The molecule has 100 valence electrons. The van der Waals surface area contributed by atoms with Crippen LogP contribution in [0.4, 0.5) is 11.4 Å². The lowest BCUT2D eigenvalue weighted by molar-refractivity contribution is -0.385. The van der Waals surface area contributed by atoms with E-state index in [9.17, 15) is 19.7 Å². The standard InChI is InChI=1S/C12H12N2O5/c1-7-8(3-2-4-9(7)14(18)19)13-10(15)12(5-6-12)11(16)17/h2-4H,5-6H2,1H3,(H,13,15)(H,16,17). The van der Waals surface area contributed by atoms with E-state index in [4.69, 9.17) is 5.11 Å². The van der Waals surface area contributed by atoms with Gasteiger partial charge in [0.25, 0.3) is 5.69 Å². The van der Waals surface area contributed by atoms with E-state index in [2.05, 4.69) is 5.32 Å². The van der Waals surface area contributed by atoms with Crippen LogP contribution in [0.5, 0.6) is 0 Å². The molecule has 1 aromatic rings. The predicted octanol–water partition coefficient (Wildman–Crippen LogP) is 1.71. The molecule has 1 saturated carbocycles. The van der Waals surface area contributed by atoms with Crippen LogP contribution >= 0.6 is 0 Å². The average molecular weight is 264 g/mol. The maximum atomic E-state index is 11.9. The highest BCUT2D eigenvalue weighted by Crippen LogP contribution is 2.47. The Morgan fingerprint density at radius 3 is 2.53 bits per heavy atom. The Hall–Kier alpha value is -2.44. The van der Waals surface area contributed by atoms with Gasteiger partial charge < -0.3 is 10.4 Å². The molecule has 2 N–H and O–H groups in total. The van der Waals surface area contributed by atoms with Gasteiger partial charge in [-0.2, -0.15) is 0 Å². The zero-order valence-corrected chi connectivity index (χ0v) is 10.2. The molecule has 0 spiro atoms. The molecule has 0 bridgehead atoms. The number of hydrogen-bond donors (Lipinski definition) is 2. The fraction of sp³-hybridized carbons (Fsp3) is 0.333. The van der Waals surface area contributed by atoms with E-state index in [0.29, 0.717) is 18.4 Å². The number of nitrogens with one attached hydrogen (secondary N) is 1. The number of amides is 1. The van der Waals surface area contributed by atoms with Crippen molar-refractivity contribution >= 4 is 23.3 Å². The zero-order valence-electron chi connectivity index (χ0n) is 10.2. The molecule has 1 aromatic carbocycles. The third-order valence-corrected chi connectivity index (χ3v) is 3.34. The fourth-order valence-corrected chi connectivity index (χ4v) is 1.86. The smallest absolute Gasteiger partial charge is 0.319 e. The van der Waals surface area contributed by atoms with Crippen LogP contribution in [-0.2, 0) is 9.59 Å². The molecule has 0 atom stereocenters. The molecule has 1 aliphatic rings. The summed E-state index contributed by atoms with van der Waals surface area (Å²) in [6.45, 7) is 1.51. The molecule has 7 nitrogen and oxygen atoms in total. The number of carboxylic acids is 1. The van der Waals surface area contributed by atoms with Gasteiger partial charge in [0.15, 0.2) is 0 Å². The van der Waals surface area contributed by atoms with Gasteiger partial charge in [-0.3, -0.25) is 19.7 Å². The molecule has 0 saturated heterocycles. The first kappa shape index (κ1) is 13.0. The second-order valence-corrected chi connectivity index (χ2v) is 4.55. The molecule has 19 heavy (non-hydrogen) atoms. The van der Waals surface area contributed by atoms with Gasteiger partial charge in [-0.15, -0.1) is 0 Å². The molecular weight excluding hydrogens is 252 g/mol. The predicted molar refractivity (Wildman–Crippen MR) is 65.8 cm³/mol. The summed E-state index contributed by atoms with van der Waals surface area (Å²) < 4.78 is 0. The maximum Gasteiger partial charge on any atom is 0.319 e. The van der Waals surface area contributed by atoms with E-state index in [0.717, 1.165) is 0 Å². The maximum absolute atomic E-state index is 11.9. The largest absolute Gasteiger partial charge is 0.480 e. The number of rotatable bonds is 4. The van der Waals surface area contributed by atoms with E-state index < -0.39 is 22.2 Å². The van der Waals surface area contributed by atoms with Crippen molar-refractivity contribution in [3.05, 3.63) is 33.9 Å². The third-order valence-electron chi connectivity index (χ3n) is 3.34. The van der Waals surface area contributed by atoms with Crippen LogP contribution in [0.15, 0.2) is 18.2 Å². The van der Waals surface area contributed by atoms with Gasteiger partial charge in [-0.1, -0.05) is 6.07 Å². The minimum absolute atomic E-state index is 0.113. The molecule has 0 aromatic heterocycles. The summed E-state index contributed by atoms with van der Waals surface area (Å²) in [4.78, 5) is 33.1. The Balaban J connectivity index is 2.25. The number of nitro benzene ring substituents is 1. The summed E-state index contributed by atoms with van der Waals surface area (Å²) in [5, 5.41) is 22.2. The van der Waals surface area contributed by atoms with E-state index in [1.807, 2.05) is 0 Å². The highest BCUT2D eigenvalue weighted by Gasteiger charge is 2.57. The third kappa shape index (κ3) is 2.14. The Morgan fingerprint density at radius 2 is 2.05 bits per heavy atom. The zero-order chi connectivity index (χ0) is 14.2. The van der Waals surface area contributed by atoms with Crippen LogP contribution in [0, 0.1) is 22.5 Å². The van der Waals surface area contributed by atoms with E-state index >= 15 is 0 Å². The van der Waals surface area contributed by atoms with E-state index in [1.54, 1.807) is 0 Å². The van der Waals surface area contributed by atoms with E-state index in [-0.39, 0.29) is 11.4 Å². The topological polar surface area (TPSA) is 110 Å². The summed E-state index contributed by atoms with van der Waals surface area (Å²) in [6, 6.07) is 4.29. The number of carbonyl (C=O) groups is 2. The minimum Gasteiger partial charge on any atom is -0.480 e. The molecule has 1 amide bonds. The Morgan fingerprint density at radius 1 is 1.42 bits per heavy atom. The first-order valence-corrected chi connectivity index (χ1v) is 5.67. The highest BCUT2D eigenvalue weighted by molar-refractivity contribution is 6.11. The summed E-state index contributed by atoms with van der Waals surface area (Å²) in [5.41, 5.74) is -0.899. The second-order valence-electron chi connectivity index (χ2n) is 4.55. The number of hydrogen-bond acceptors (Lipinski definition) is 4. The molecule has 0 aliphatic heterocycles. The normalized spacial score (nSPS) is 15.6. The SMILES string of the molecule is Cc1c(NC(=O)C2(C(=O)O)CC2)cccc1[N+](=O)[O-]. The number of carboxylic acid groups (broad SMARTS) is 1. The second kappa shape index (κ2) is 4.34. The van der Waals surface area contributed by atoms with Crippen LogP contribution < -0.4 is 5.32 Å². The number of benzene rings is 1. The molecular formula is C12H12N2O5. The molecule has 0 heterocycles. The van der Waals surface area contributed by atoms with Crippen LogP contribution in [-0.4, -0.2) is 21.9 Å². The van der Waals surface area contributed by atoms with E-state index in [1.165, 1.54) is 25.1 Å². The number of aliphatic carboxylic acids is 1. The quantitative estimate of drug-likeness (QED) is 0.488. The first-order valence-electron chi connectivity index (χ1n) is 5.67. The van der Waals surface area contributed by atoms with Gasteiger partial charge >= 0.3 is 5.97 Å². The monoisotopic (exact) mass is 264 g/mol. The van der Waals surface area contributed by atoms with Crippen molar-refractivity contribution in [3.8, 4) is 0 Å². The van der Waals surface area contributed by atoms with Gasteiger partial charge in [0.1, 0.15) is 5.41 Å². The lowest BCUT2D eigenvalue weighted by atomic mass is 10.1. The molecule has 7 heteroatoms. The lowest BCUT2D eigenvalue weighted by Gasteiger charge is -2.12. The van der Waals surface area contributed by atoms with Crippen LogP contribution in [0.3, 0.4) is 0 Å². The summed E-state index contributed by atoms with van der Waals surface area (Å²) >= 11 is 0. The van der Waals surface area contributed by atoms with Crippen molar-refractivity contribution in [2.45, 2.75) is 19.8 Å². The first-order chi connectivity index (χ1) is 8.88. The summed E-state index contributed by atoms with van der Waals surface area (Å²) in [7, 11) is 0. The molecule has 0 radical (unpaired) electrons. The Bertz CT molecular complexity index is 577. The number of nitro groups is 1. The fourth-order valence-electron chi connectivity index (χ4n) is 1.86.